The molecule has 0 aromatic carbocycles. The van der Waals surface area contributed by atoms with Crippen LogP contribution in [0.3, 0.4) is 0 Å². The van der Waals surface area contributed by atoms with Crippen molar-refractivity contribution in [3.63, 3.8) is 0 Å². The molecule has 2 aliphatic heterocycles. The van der Waals surface area contributed by atoms with Crippen molar-refractivity contribution in [3.8, 4) is 0 Å². The number of allylic oxidation sites excluding steroid dienone is 1. The zero-order valence-corrected chi connectivity index (χ0v) is 20.7. The Morgan fingerprint density at radius 1 is 1.13 bits per heavy atom. The molecule has 3 atom stereocenters. The van der Waals surface area contributed by atoms with Crippen molar-refractivity contribution in [1.82, 2.24) is 14.9 Å². The number of fused-ring (bicyclic) bond motifs is 1. The number of halogens is 1. The number of hydrogen-bond acceptors (Lipinski definition) is 5. The van der Waals surface area contributed by atoms with E-state index in [0.29, 0.717) is 36.7 Å². The lowest BCUT2D eigenvalue weighted by Gasteiger charge is -2.28. The van der Waals surface area contributed by atoms with Crippen molar-refractivity contribution in [2.45, 2.75) is 81.5 Å². The minimum atomic E-state index is -3.72. The van der Waals surface area contributed by atoms with E-state index in [9.17, 15) is 22.8 Å². The van der Waals surface area contributed by atoms with Gasteiger partial charge in [0.05, 0.1) is 5.25 Å². The van der Waals surface area contributed by atoms with Gasteiger partial charge >= 0.3 is 0 Å². The first-order valence-electron chi connectivity index (χ1n) is 11.2. The number of nitrogens with one attached hydrogen (secondary N) is 2. The van der Waals surface area contributed by atoms with Gasteiger partial charge in [0.1, 0.15) is 12.1 Å². The highest BCUT2D eigenvalue weighted by Crippen LogP contribution is 2.28. The Morgan fingerprint density at radius 3 is 2.58 bits per heavy atom. The van der Waals surface area contributed by atoms with Gasteiger partial charge in [-0.05, 0) is 44.9 Å². The Labute approximate surface area is 198 Å². The second-order valence-corrected chi connectivity index (χ2v) is 11.5. The third kappa shape index (κ3) is 6.66. The highest BCUT2D eigenvalue weighted by atomic mass is 127. The van der Waals surface area contributed by atoms with Crippen LogP contribution in [0.5, 0.6) is 0 Å². The number of carbonyl (C=O) groups is 3. The number of alkyl halides is 1. The third-order valence-corrected chi connectivity index (χ3v) is 9.01. The van der Waals surface area contributed by atoms with E-state index in [1.807, 2.05) is 12.2 Å². The van der Waals surface area contributed by atoms with Crippen LogP contribution >= 0.6 is 22.6 Å². The average molecular weight is 565 g/mol. The molecule has 0 radical (unpaired) electrons. The van der Waals surface area contributed by atoms with Gasteiger partial charge in [0.2, 0.25) is 21.8 Å². The molecule has 1 saturated carbocycles. The summed E-state index contributed by atoms with van der Waals surface area (Å²) in [6.45, 7) is 0.541. The van der Waals surface area contributed by atoms with Crippen LogP contribution in [0.2, 0.25) is 0 Å². The van der Waals surface area contributed by atoms with Crippen LogP contribution in [0, 0.1) is 5.92 Å². The van der Waals surface area contributed by atoms with E-state index in [1.54, 1.807) is 4.90 Å². The lowest BCUT2D eigenvalue weighted by atomic mass is 9.99. The molecule has 3 amide bonds. The Bertz CT molecular complexity index is 812. The molecule has 2 fully saturated rings. The van der Waals surface area contributed by atoms with E-state index in [4.69, 9.17) is 0 Å². The first kappa shape index (κ1) is 24.5. The van der Waals surface area contributed by atoms with Gasteiger partial charge in [-0.1, -0.05) is 47.6 Å². The van der Waals surface area contributed by atoms with Gasteiger partial charge in [-0.2, -0.15) is 0 Å². The average Bonchev–Trinajstić information content (AvgIpc) is 3.48. The SMILES string of the molecule is O=C(NS(=O)(=O)C1CC1)C1NC(=O)[C@@H]2CCCN2C(=O)CCCCCC/C=C\[C@@H]1CI. The Kier molecular flexibility index (Phi) is 8.77. The predicted octanol–water partition coefficient (Wildman–Crippen LogP) is 2.03. The van der Waals surface area contributed by atoms with E-state index < -0.39 is 33.3 Å². The van der Waals surface area contributed by atoms with Crippen molar-refractivity contribution >= 4 is 50.3 Å². The molecule has 1 saturated heterocycles. The van der Waals surface area contributed by atoms with Crippen LogP contribution in [0.1, 0.15) is 64.2 Å². The van der Waals surface area contributed by atoms with Crippen LogP contribution < -0.4 is 10.0 Å². The maximum absolute atomic E-state index is 13.1. The van der Waals surface area contributed by atoms with Crippen molar-refractivity contribution in [1.29, 1.82) is 0 Å². The molecule has 31 heavy (non-hydrogen) atoms. The third-order valence-electron chi connectivity index (χ3n) is 6.16. The second-order valence-electron chi connectivity index (χ2n) is 8.64. The van der Waals surface area contributed by atoms with Crippen LogP contribution in [0.25, 0.3) is 0 Å². The second kappa shape index (κ2) is 11.1. The van der Waals surface area contributed by atoms with Crippen molar-refractivity contribution in [3.05, 3.63) is 12.2 Å². The molecule has 0 aromatic rings. The zero-order chi connectivity index (χ0) is 22.4. The summed E-state index contributed by atoms with van der Waals surface area (Å²) < 4.78 is 27.4. The van der Waals surface area contributed by atoms with E-state index in [1.165, 1.54) is 0 Å². The lowest BCUT2D eigenvalue weighted by Crippen LogP contribution is -2.56. The highest BCUT2D eigenvalue weighted by molar-refractivity contribution is 14.1. The van der Waals surface area contributed by atoms with Gasteiger partial charge in [0.15, 0.2) is 0 Å². The maximum Gasteiger partial charge on any atom is 0.256 e. The molecular formula is C21H32IN3O5S. The predicted molar refractivity (Wildman–Crippen MR) is 126 cm³/mol. The first-order chi connectivity index (χ1) is 14.8. The van der Waals surface area contributed by atoms with E-state index >= 15 is 0 Å². The summed E-state index contributed by atoms with van der Waals surface area (Å²) in [5, 5.41) is 2.27. The minimum Gasteiger partial charge on any atom is -0.342 e. The maximum atomic E-state index is 13.1. The number of carbonyl (C=O) groups excluding carboxylic acids is 3. The summed E-state index contributed by atoms with van der Waals surface area (Å²) in [7, 11) is -3.72. The van der Waals surface area contributed by atoms with Crippen LogP contribution in [0.4, 0.5) is 0 Å². The topological polar surface area (TPSA) is 113 Å². The monoisotopic (exact) mass is 565 g/mol. The summed E-state index contributed by atoms with van der Waals surface area (Å²) in [4.78, 5) is 40.4. The molecule has 3 rings (SSSR count). The molecule has 8 nitrogen and oxygen atoms in total. The van der Waals surface area contributed by atoms with Crippen molar-refractivity contribution in [2.24, 2.45) is 5.92 Å². The molecule has 10 heteroatoms. The van der Waals surface area contributed by atoms with Gasteiger partial charge in [-0.3, -0.25) is 19.1 Å². The number of amides is 3. The lowest BCUT2D eigenvalue weighted by molar-refractivity contribution is -0.139. The molecule has 1 aliphatic carbocycles. The van der Waals surface area contributed by atoms with Gasteiger partial charge in [0, 0.05) is 23.3 Å². The molecule has 0 bridgehead atoms. The highest BCUT2D eigenvalue weighted by Gasteiger charge is 2.41. The van der Waals surface area contributed by atoms with E-state index in [0.717, 1.165) is 38.5 Å². The molecule has 174 valence electrons. The van der Waals surface area contributed by atoms with Crippen LogP contribution in [-0.4, -0.2) is 59.3 Å². The molecular weight excluding hydrogens is 533 g/mol. The van der Waals surface area contributed by atoms with Gasteiger partial charge in [0.25, 0.3) is 5.91 Å². The van der Waals surface area contributed by atoms with Crippen molar-refractivity contribution < 1.29 is 22.8 Å². The first-order valence-corrected chi connectivity index (χ1v) is 14.3. The molecule has 0 aromatic heterocycles. The summed E-state index contributed by atoms with van der Waals surface area (Å²) in [5.41, 5.74) is 0. The fraction of sp³-hybridized carbons (Fsp3) is 0.762. The van der Waals surface area contributed by atoms with Crippen molar-refractivity contribution in [2.75, 3.05) is 11.0 Å². The summed E-state index contributed by atoms with van der Waals surface area (Å²) >= 11 is 2.15. The van der Waals surface area contributed by atoms with Gasteiger partial charge < -0.3 is 10.2 Å². The molecule has 2 N–H and O–H groups in total. The summed E-state index contributed by atoms with van der Waals surface area (Å²) in [6.07, 6.45) is 11.4. The van der Waals surface area contributed by atoms with E-state index in [2.05, 4.69) is 32.6 Å². The quantitative estimate of drug-likeness (QED) is 0.308. The molecule has 3 aliphatic rings. The summed E-state index contributed by atoms with van der Waals surface area (Å²) in [5.74, 6) is -1.44. The molecule has 0 spiro atoms. The number of sulfonamides is 1. The van der Waals surface area contributed by atoms with Gasteiger partial charge in [-0.15, -0.1) is 0 Å². The molecule has 1 unspecified atom stereocenters. The van der Waals surface area contributed by atoms with E-state index in [-0.39, 0.29) is 17.7 Å². The zero-order valence-electron chi connectivity index (χ0n) is 17.7. The fourth-order valence-corrected chi connectivity index (χ4v) is 6.31. The van der Waals surface area contributed by atoms with Crippen LogP contribution in [-0.2, 0) is 24.4 Å². The number of hydrogen-bond donors (Lipinski definition) is 2. The fourth-order valence-electron chi connectivity index (χ4n) is 4.18. The number of nitrogens with zero attached hydrogens (tertiary/aromatic N) is 1. The minimum absolute atomic E-state index is 0.0200. The Balaban J connectivity index is 1.82. The summed E-state index contributed by atoms with van der Waals surface area (Å²) in [6, 6.07) is -1.61. The largest absolute Gasteiger partial charge is 0.342 e. The Hall–Kier alpha value is -1.17. The number of rotatable bonds is 4. The standard InChI is InChI=1S/C21H32IN3O5S/c22-14-15-8-5-3-1-2-4-6-10-18(26)25-13-7-9-17(25)20(27)23-19(15)21(28)24-31(29,30)16-11-12-16/h5,8,15-17,19H,1-4,6-7,9-14H2,(H,23,27)(H,24,28)/b8-5-/t15-,17+,19?/m1/s1. The smallest absolute Gasteiger partial charge is 0.256 e. The normalized spacial score (nSPS) is 30.0. The van der Waals surface area contributed by atoms with Gasteiger partial charge in [-0.25, -0.2) is 8.42 Å². The Morgan fingerprint density at radius 2 is 1.87 bits per heavy atom. The van der Waals surface area contributed by atoms with Crippen LogP contribution in [0.15, 0.2) is 12.2 Å². The molecule has 2 heterocycles.